The van der Waals surface area contributed by atoms with Gasteiger partial charge in [-0.05, 0) is 55.7 Å². The predicted molar refractivity (Wildman–Crippen MR) is 92.6 cm³/mol. The highest BCUT2D eigenvalue weighted by Gasteiger charge is 2.13. The van der Waals surface area contributed by atoms with Crippen LogP contribution in [0.2, 0.25) is 0 Å². The molecule has 0 fully saturated rings. The highest BCUT2D eigenvalue weighted by atomic mass is 16.5. The van der Waals surface area contributed by atoms with Gasteiger partial charge in [0.1, 0.15) is 5.75 Å². The zero-order valence-electron chi connectivity index (χ0n) is 14.3. The van der Waals surface area contributed by atoms with Gasteiger partial charge in [-0.15, -0.1) is 0 Å². The van der Waals surface area contributed by atoms with Crippen molar-refractivity contribution in [3.05, 3.63) is 41.5 Å². The predicted octanol–water partition coefficient (Wildman–Crippen LogP) is 4.70. The third-order valence-electron chi connectivity index (χ3n) is 4.44. The Morgan fingerprint density at radius 2 is 2.00 bits per heavy atom. The van der Waals surface area contributed by atoms with Gasteiger partial charge >= 0.3 is 5.97 Å². The first kappa shape index (κ1) is 17.6. The Kier molecular flexibility index (Phi) is 7.18. The summed E-state index contributed by atoms with van der Waals surface area (Å²) in [4.78, 5) is 10.7. The number of hydrogen-bond donors (Lipinski definition) is 0. The van der Waals surface area contributed by atoms with Crippen LogP contribution >= 0.6 is 0 Å². The number of benzene rings is 1. The van der Waals surface area contributed by atoms with E-state index in [9.17, 15) is 4.79 Å². The number of carbonyl (C=O) groups is 1. The second-order valence-corrected chi connectivity index (χ2v) is 6.24. The van der Waals surface area contributed by atoms with Gasteiger partial charge in [-0.25, -0.2) is 0 Å². The quantitative estimate of drug-likeness (QED) is 0.540. The minimum absolute atomic E-state index is 0.228. The zero-order chi connectivity index (χ0) is 16.5. The Bertz CT molecular complexity index is 516. The Hall–Kier alpha value is -1.77. The van der Waals surface area contributed by atoms with E-state index in [0.29, 0.717) is 12.5 Å². The summed E-state index contributed by atoms with van der Waals surface area (Å²) in [5.41, 5.74) is 2.76. The number of carbonyl (C=O) groups excluding carboxylic acids is 1. The van der Waals surface area contributed by atoms with Crippen molar-refractivity contribution < 1.29 is 14.3 Å². The fraction of sp³-hybridized carbons (Fsp3) is 0.550. The van der Waals surface area contributed by atoms with Crippen LogP contribution in [0.4, 0.5) is 0 Å². The first-order chi connectivity index (χ1) is 11.2. The average molecular weight is 316 g/mol. The van der Waals surface area contributed by atoms with Gasteiger partial charge in [0.05, 0.1) is 13.2 Å². The van der Waals surface area contributed by atoms with Gasteiger partial charge in [-0.1, -0.05) is 30.7 Å². The Morgan fingerprint density at radius 1 is 1.22 bits per heavy atom. The number of allylic oxidation sites excluding steroid dienone is 2. The fourth-order valence-electron chi connectivity index (χ4n) is 2.93. The molecule has 1 aliphatic carbocycles. The molecule has 0 N–H and O–H groups in total. The molecule has 0 radical (unpaired) electrons. The van der Waals surface area contributed by atoms with Crippen LogP contribution in [0.1, 0.15) is 51.5 Å². The smallest absolute Gasteiger partial charge is 0.302 e. The maximum absolute atomic E-state index is 10.7. The molecule has 3 nitrogen and oxygen atoms in total. The van der Waals surface area contributed by atoms with E-state index in [2.05, 4.69) is 13.0 Å². The molecule has 0 saturated carbocycles. The van der Waals surface area contributed by atoms with Gasteiger partial charge in [0.25, 0.3) is 0 Å². The molecule has 0 aliphatic heterocycles. The monoisotopic (exact) mass is 316 g/mol. The molecule has 0 aromatic heterocycles. The van der Waals surface area contributed by atoms with Crippen molar-refractivity contribution in [2.24, 2.45) is 5.92 Å². The van der Waals surface area contributed by atoms with Gasteiger partial charge in [-0.2, -0.15) is 0 Å². The van der Waals surface area contributed by atoms with Gasteiger partial charge in [0.2, 0.25) is 0 Å². The first-order valence-corrected chi connectivity index (χ1v) is 8.70. The summed E-state index contributed by atoms with van der Waals surface area (Å²) < 4.78 is 10.9. The second kappa shape index (κ2) is 9.39. The van der Waals surface area contributed by atoms with Crippen molar-refractivity contribution in [1.29, 1.82) is 0 Å². The number of ether oxygens (including phenoxy) is 2. The molecule has 0 heterocycles. The molecule has 2 rings (SSSR count). The van der Waals surface area contributed by atoms with Crippen molar-refractivity contribution >= 4 is 5.97 Å². The van der Waals surface area contributed by atoms with E-state index in [1.54, 1.807) is 5.57 Å². The molecule has 126 valence electrons. The molecule has 1 aromatic rings. The van der Waals surface area contributed by atoms with E-state index in [0.717, 1.165) is 24.3 Å². The minimum Gasteiger partial charge on any atom is -0.493 e. The lowest BCUT2D eigenvalue weighted by atomic mass is 10.00. The summed E-state index contributed by atoms with van der Waals surface area (Å²) in [5, 5.41) is 0. The molecule has 0 amide bonds. The van der Waals surface area contributed by atoms with Crippen molar-refractivity contribution in [2.75, 3.05) is 13.2 Å². The molecule has 0 spiro atoms. The van der Waals surface area contributed by atoms with Crippen LogP contribution in [0.3, 0.4) is 0 Å². The second-order valence-electron chi connectivity index (χ2n) is 6.24. The summed E-state index contributed by atoms with van der Waals surface area (Å²) in [6.45, 7) is 4.91. The molecule has 1 aromatic carbocycles. The number of esters is 1. The summed E-state index contributed by atoms with van der Waals surface area (Å²) in [7, 11) is 0. The molecule has 1 unspecified atom stereocenters. The van der Waals surface area contributed by atoms with Crippen molar-refractivity contribution in [1.82, 2.24) is 0 Å². The maximum Gasteiger partial charge on any atom is 0.302 e. The van der Waals surface area contributed by atoms with Gasteiger partial charge in [-0.3, -0.25) is 4.79 Å². The summed E-state index contributed by atoms with van der Waals surface area (Å²) in [5.74, 6) is 1.35. The molecule has 1 aliphatic rings. The molecule has 0 bridgehead atoms. The van der Waals surface area contributed by atoms with E-state index in [1.165, 1.54) is 39.0 Å². The lowest BCUT2D eigenvalue weighted by Crippen LogP contribution is -2.11. The summed E-state index contributed by atoms with van der Waals surface area (Å²) in [6.07, 6.45) is 9.21. The minimum atomic E-state index is -0.228. The van der Waals surface area contributed by atoms with Gasteiger partial charge in [0, 0.05) is 13.3 Å². The van der Waals surface area contributed by atoms with Crippen LogP contribution in [0.15, 0.2) is 35.9 Å². The Labute approximate surface area is 139 Å². The van der Waals surface area contributed by atoms with E-state index in [1.807, 2.05) is 24.3 Å². The van der Waals surface area contributed by atoms with E-state index in [-0.39, 0.29) is 5.97 Å². The van der Waals surface area contributed by atoms with Crippen LogP contribution in [0.25, 0.3) is 0 Å². The van der Waals surface area contributed by atoms with Crippen molar-refractivity contribution in [3.63, 3.8) is 0 Å². The van der Waals surface area contributed by atoms with E-state index in [4.69, 9.17) is 9.47 Å². The zero-order valence-corrected chi connectivity index (χ0v) is 14.3. The van der Waals surface area contributed by atoms with Gasteiger partial charge < -0.3 is 9.47 Å². The molecular formula is C20H28O3. The van der Waals surface area contributed by atoms with Crippen LogP contribution in [0.5, 0.6) is 5.75 Å². The normalized spacial score (nSPS) is 18.0. The molecule has 1 atom stereocenters. The van der Waals surface area contributed by atoms with Crippen LogP contribution < -0.4 is 4.74 Å². The van der Waals surface area contributed by atoms with Crippen LogP contribution in [-0.2, 0) is 16.0 Å². The lowest BCUT2D eigenvalue weighted by molar-refractivity contribution is -0.140. The van der Waals surface area contributed by atoms with Crippen molar-refractivity contribution in [3.8, 4) is 5.75 Å². The third kappa shape index (κ3) is 6.47. The molecule has 23 heavy (non-hydrogen) atoms. The topological polar surface area (TPSA) is 35.5 Å². The SMILES string of the molecule is CCC1=CCCC(COc2ccc(CCOC(C)=O)cc2)CC1. The van der Waals surface area contributed by atoms with Crippen LogP contribution in [-0.4, -0.2) is 19.2 Å². The maximum atomic E-state index is 10.7. The van der Waals surface area contributed by atoms with Crippen molar-refractivity contribution in [2.45, 2.75) is 52.4 Å². The van der Waals surface area contributed by atoms with E-state index < -0.39 is 0 Å². The molecular weight excluding hydrogens is 288 g/mol. The first-order valence-electron chi connectivity index (χ1n) is 8.70. The van der Waals surface area contributed by atoms with Crippen LogP contribution in [0, 0.1) is 5.92 Å². The Morgan fingerprint density at radius 3 is 2.70 bits per heavy atom. The molecule has 0 saturated heterocycles. The summed E-state index contributed by atoms with van der Waals surface area (Å²) in [6, 6.07) is 8.11. The fourth-order valence-corrected chi connectivity index (χ4v) is 2.93. The molecule has 3 heteroatoms. The highest BCUT2D eigenvalue weighted by molar-refractivity contribution is 5.65. The summed E-state index contributed by atoms with van der Waals surface area (Å²) >= 11 is 0. The lowest BCUT2D eigenvalue weighted by Gasteiger charge is -2.15. The number of hydrogen-bond acceptors (Lipinski definition) is 3. The van der Waals surface area contributed by atoms with Gasteiger partial charge in [0.15, 0.2) is 0 Å². The highest BCUT2D eigenvalue weighted by Crippen LogP contribution is 2.25. The third-order valence-corrected chi connectivity index (χ3v) is 4.44. The number of rotatable bonds is 7. The standard InChI is InChI=1S/C20H28O3/c1-3-17-5-4-6-19(8-7-17)15-23-20-11-9-18(10-12-20)13-14-22-16(2)21/h5,9-12,19H,3-4,6-8,13-15H2,1-2H3. The average Bonchev–Trinajstić information content (AvgIpc) is 2.79. The largest absolute Gasteiger partial charge is 0.493 e. The van der Waals surface area contributed by atoms with E-state index >= 15 is 0 Å². The Balaban J connectivity index is 1.72.